The third-order valence-electron chi connectivity index (χ3n) is 2.52. The number of likely N-dealkylation sites (N-methyl/N-ethyl adjacent to an activating group) is 1. The molecule has 0 fully saturated rings. The van der Waals surface area contributed by atoms with E-state index in [1.165, 1.54) is 0 Å². The summed E-state index contributed by atoms with van der Waals surface area (Å²) in [5.41, 5.74) is 0.955. The van der Waals surface area contributed by atoms with Gasteiger partial charge in [-0.15, -0.1) is 0 Å². The molecule has 15 heavy (non-hydrogen) atoms. The number of rotatable bonds is 6. The maximum atomic E-state index is 9.51. The largest absolute Gasteiger partial charge is 0.508 e. The van der Waals surface area contributed by atoms with E-state index in [-0.39, 0.29) is 0 Å². The molecule has 0 spiro atoms. The number of benzene rings is 1. The molecule has 0 radical (unpaired) electrons. The minimum atomic E-state index is 0.369. The van der Waals surface area contributed by atoms with E-state index in [2.05, 4.69) is 24.2 Å². The van der Waals surface area contributed by atoms with E-state index in [1.807, 2.05) is 18.2 Å². The highest BCUT2D eigenvalue weighted by atomic mass is 16.3. The van der Waals surface area contributed by atoms with Crippen molar-refractivity contribution in [3.8, 4) is 5.75 Å². The molecule has 84 valence electrons. The lowest BCUT2D eigenvalue weighted by molar-refractivity contribution is 0.348. The smallest absolute Gasteiger partial charge is 0.120 e. The second kappa shape index (κ2) is 6.43. The zero-order chi connectivity index (χ0) is 11.1. The Balaban J connectivity index is 2.23. The predicted octanol–water partition coefficient (Wildman–Crippen LogP) is 1.43. The fraction of sp³-hybridized carbons (Fsp3) is 0.500. The topological polar surface area (TPSA) is 35.5 Å². The summed E-state index contributed by atoms with van der Waals surface area (Å²) in [5.74, 6) is 0.369. The molecule has 2 N–H and O–H groups in total. The van der Waals surface area contributed by atoms with E-state index >= 15 is 0 Å². The van der Waals surface area contributed by atoms with E-state index < -0.39 is 0 Å². The maximum Gasteiger partial charge on any atom is 0.120 e. The lowest BCUT2D eigenvalue weighted by Gasteiger charge is -2.14. The molecule has 1 aromatic carbocycles. The third-order valence-corrected chi connectivity index (χ3v) is 2.52. The molecule has 3 heteroatoms. The van der Waals surface area contributed by atoms with Gasteiger partial charge in [-0.1, -0.05) is 25.1 Å². The molecule has 0 saturated carbocycles. The van der Waals surface area contributed by atoms with Gasteiger partial charge in [0.25, 0.3) is 0 Å². The average Bonchev–Trinajstić information content (AvgIpc) is 2.26. The van der Waals surface area contributed by atoms with Crippen LogP contribution < -0.4 is 5.32 Å². The van der Waals surface area contributed by atoms with Crippen LogP contribution in [0.5, 0.6) is 5.75 Å². The van der Waals surface area contributed by atoms with Crippen LogP contribution in [0.2, 0.25) is 0 Å². The monoisotopic (exact) mass is 208 g/mol. The number of nitrogens with one attached hydrogen (secondary N) is 1. The summed E-state index contributed by atoms with van der Waals surface area (Å²) >= 11 is 0. The molecule has 0 amide bonds. The zero-order valence-electron chi connectivity index (χ0n) is 9.53. The molecule has 1 aromatic rings. The number of hydrogen-bond donors (Lipinski definition) is 2. The SMILES string of the molecule is CCN(C)CCNCc1ccccc1O. The summed E-state index contributed by atoms with van der Waals surface area (Å²) < 4.78 is 0. The highest BCUT2D eigenvalue weighted by Gasteiger charge is 1.98. The molecule has 0 aliphatic rings. The molecule has 0 unspecified atom stereocenters. The fourth-order valence-corrected chi connectivity index (χ4v) is 1.31. The van der Waals surface area contributed by atoms with Crippen LogP contribution in [-0.2, 0) is 6.54 Å². The van der Waals surface area contributed by atoms with Gasteiger partial charge in [0.15, 0.2) is 0 Å². The summed E-state index contributed by atoms with van der Waals surface area (Å²) in [6.07, 6.45) is 0. The summed E-state index contributed by atoms with van der Waals surface area (Å²) in [7, 11) is 2.10. The second-order valence-corrected chi connectivity index (χ2v) is 3.70. The van der Waals surface area contributed by atoms with Crippen LogP contribution in [-0.4, -0.2) is 36.7 Å². The number of nitrogens with zero attached hydrogens (tertiary/aromatic N) is 1. The Morgan fingerprint density at radius 3 is 2.73 bits per heavy atom. The highest BCUT2D eigenvalue weighted by molar-refractivity contribution is 5.31. The molecule has 0 aliphatic carbocycles. The first-order chi connectivity index (χ1) is 7.24. The van der Waals surface area contributed by atoms with Gasteiger partial charge in [0.1, 0.15) is 5.75 Å². The number of phenols is 1. The van der Waals surface area contributed by atoms with Gasteiger partial charge in [-0.3, -0.25) is 0 Å². The molecular weight excluding hydrogens is 188 g/mol. The molecule has 0 aliphatic heterocycles. The van der Waals surface area contributed by atoms with Crippen molar-refractivity contribution in [2.45, 2.75) is 13.5 Å². The maximum absolute atomic E-state index is 9.51. The van der Waals surface area contributed by atoms with Crippen LogP contribution in [0.3, 0.4) is 0 Å². The number of phenolic OH excluding ortho intramolecular Hbond substituents is 1. The van der Waals surface area contributed by atoms with Crippen molar-refractivity contribution in [3.63, 3.8) is 0 Å². The Hall–Kier alpha value is -1.06. The van der Waals surface area contributed by atoms with E-state index in [0.717, 1.165) is 31.7 Å². The van der Waals surface area contributed by atoms with Crippen LogP contribution in [0.4, 0.5) is 0 Å². The Morgan fingerprint density at radius 2 is 2.07 bits per heavy atom. The molecule has 0 atom stereocenters. The van der Waals surface area contributed by atoms with Gasteiger partial charge in [-0.05, 0) is 19.7 Å². The first-order valence-electron chi connectivity index (χ1n) is 5.40. The van der Waals surface area contributed by atoms with Crippen molar-refractivity contribution in [2.24, 2.45) is 0 Å². The summed E-state index contributed by atoms with van der Waals surface area (Å²) in [5, 5.41) is 12.8. The van der Waals surface area contributed by atoms with Gasteiger partial charge in [-0.2, -0.15) is 0 Å². The van der Waals surface area contributed by atoms with Crippen LogP contribution in [0.25, 0.3) is 0 Å². The molecular formula is C12H20N2O. The number of aromatic hydroxyl groups is 1. The molecule has 0 heterocycles. The number of para-hydroxylation sites is 1. The van der Waals surface area contributed by atoms with E-state index in [4.69, 9.17) is 0 Å². The normalized spacial score (nSPS) is 10.9. The Kier molecular flexibility index (Phi) is 5.15. The Labute approximate surface area is 91.7 Å². The Bertz CT molecular complexity index is 289. The standard InChI is InChI=1S/C12H20N2O/c1-3-14(2)9-8-13-10-11-6-4-5-7-12(11)15/h4-7,13,15H,3,8-10H2,1-2H3. The molecule has 0 aromatic heterocycles. The second-order valence-electron chi connectivity index (χ2n) is 3.70. The van der Waals surface area contributed by atoms with Gasteiger partial charge in [0.05, 0.1) is 0 Å². The van der Waals surface area contributed by atoms with E-state index in [0.29, 0.717) is 5.75 Å². The minimum Gasteiger partial charge on any atom is -0.508 e. The van der Waals surface area contributed by atoms with Crippen molar-refractivity contribution in [1.82, 2.24) is 10.2 Å². The van der Waals surface area contributed by atoms with Gasteiger partial charge in [-0.25, -0.2) is 0 Å². The average molecular weight is 208 g/mol. The molecule has 3 nitrogen and oxygen atoms in total. The highest BCUT2D eigenvalue weighted by Crippen LogP contribution is 2.14. The van der Waals surface area contributed by atoms with Crippen molar-refractivity contribution in [2.75, 3.05) is 26.7 Å². The summed E-state index contributed by atoms with van der Waals surface area (Å²) in [6, 6.07) is 7.43. The summed E-state index contributed by atoms with van der Waals surface area (Å²) in [6.45, 7) is 5.91. The van der Waals surface area contributed by atoms with Crippen molar-refractivity contribution in [1.29, 1.82) is 0 Å². The van der Waals surface area contributed by atoms with E-state index in [9.17, 15) is 5.11 Å². The molecule has 1 rings (SSSR count). The first kappa shape index (κ1) is 12.0. The zero-order valence-corrected chi connectivity index (χ0v) is 9.53. The number of hydrogen-bond acceptors (Lipinski definition) is 3. The first-order valence-corrected chi connectivity index (χ1v) is 5.40. The van der Waals surface area contributed by atoms with E-state index in [1.54, 1.807) is 6.07 Å². The fourth-order valence-electron chi connectivity index (χ4n) is 1.31. The van der Waals surface area contributed by atoms with Crippen molar-refractivity contribution in [3.05, 3.63) is 29.8 Å². The third kappa shape index (κ3) is 4.32. The van der Waals surface area contributed by atoms with Crippen molar-refractivity contribution < 1.29 is 5.11 Å². The minimum absolute atomic E-state index is 0.369. The quantitative estimate of drug-likeness (QED) is 0.694. The lowest BCUT2D eigenvalue weighted by Crippen LogP contribution is -2.28. The van der Waals surface area contributed by atoms with Gasteiger partial charge >= 0.3 is 0 Å². The van der Waals surface area contributed by atoms with Crippen LogP contribution in [0.1, 0.15) is 12.5 Å². The van der Waals surface area contributed by atoms with Gasteiger partial charge in [0.2, 0.25) is 0 Å². The van der Waals surface area contributed by atoms with Crippen LogP contribution >= 0.6 is 0 Å². The van der Waals surface area contributed by atoms with Gasteiger partial charge in [0, 0.05) is 25.2 Å². The van der Waals surface area contributed by atoms with Crippen LogP contribution in [0, 0.1) is 0 Å². The van der Waals surface area contributed by atoms with Gasteiger partial charge < -0.3 is 15.3 Å². The lowest BCUT2D eigenvalue weighted by atomic mass is 10.2. The Morgan fingerprint density at radius 1 is 1.33 bits per heavy atom. The summed E-state index contributed by atoms with van der Waals surface area (Å²) in [4.78, 5) is 2.25. The predicted molar refractivity (Wildman–Crippen MR) is 63.0 cm³/mol. The molecule has 0 bridgehead atoms. The van der Waals surface area contributed by atoms with Crippen molar-refractivity contribution >= 4 is 0 Å². The van der Waals surface area contributed by atoms with Crippen LogP contribution in [0.15, 0.2) is 24.3 Å². The molecule has 0 saturated heterocycles.